The van der Waals surface area contributed by atoms with Crippen molar-refractivity contribution in [2.75, 3.05) is 25.6 Å². The van der Waals surface area contributed by atoms with E-state index in [0.29, 0.717) is 0 Å². The Morgan fingerprint density at radius 2 is 1.74 bits per heavy atom. The fourth-order valence-electron chi connectivity index (χ4n) is 2.11. The van der Waals surface area contributed by atoms with Gasteiger partial charge in [-0.25, -0.2) is 0 Å². The lowest BCUT2D eigenvalue weighted by Crippen LogP contribution is -2.35. The summed E-state index contributed by atoms with van der Waals surface area (Å²) in [5.41, 5.74) is 2.69. The lowest BCUT2D eigenvalue weighted by atomic mass is 9.88. The summed E-state index contributed by atoms with van der Waals surface area (Å²) in [5, 5.41) is 12.8. The highest BCUT2D eigenvalue weighted by Gasteiger charge is 2.17. The second-order valence-electron chi connectivity index (χ2n) is 6.59. The topological polar surface area (TPSA) is 35.5 Å². The van der Waals surface area contributed by atoms with Crippen LogP contribution in [0.2, 0.25) is 0 Å². The normalized spacial score (nSPS) is 13.4. The molecule has 0 spiro atoms. The molecular formula is C16H28N2O. The Kier molecular flexibility index (Phi) is 5.83. The van der Waals surface area contributed by atoms with Gasteiger partial charge in [0.15, 0.2) is 0 Å². The summed E-state index contributed by atoms with van der Waals surface area (Å²) in [6.45, 7) is 7.58. The zero-order valence-electron chi connectivity index (χ0n) is 12.9. The van der Waals surface area contributed by atoms with Gasteiger partial charge in [0.1, 0.15) is 0 Å². The standard InChI is InChI=1S/C16H28N2O/c1-16(2,3)10-14(12-19)17-11-13-6-8-15(9-7-13)18(4)5/h6-9,14,17,19H,10-12H2,1-5H3. The van der Waals surface area contributed by atoms with Crippen LogP contribution in [-0.4, -0.2) is 31.9 Å². The second kappa shape index (κ2) is 6.92. The minimum Gasteiger partial charge on any atom is -0.395 e. The van der Waals surface area contributed by atoms with Gasteiger partial charge in [-0.15, -0.1) is 0 Å². The predicted molar refractivity (Wildman–Crippen MR) is 82.6 cm³/mol. The highest BCUT2D eigenvalue weighted by Crippen LogP contribution is 2.21. The van der Waals surface area contributed by atoms with Crippen molar-refractivity contribution in [3.05, 3.63) is 29.8 Å². The largest absolute Gasteiger partial charge is 0.395 e. The van der Waals surface area contributed by atoms with E-state index in [2.05, 4.69) is 55.3 Å². The Bertz CT molecular complexity index is 365. The van der Waals surface area contributed by atoms with Crippen molar-refractivity contribution in [3.8, 4) is 0 Å². The van der Waals surface area contributed by atoms with Crippen molar-refractivity contribution in [1.29, 1.82) is 0 Å². The Hall–Kier alpha value is -1.06. The number of nitrogens with one attached hydrogen (secondary N) is 1. The number of benzene rings is 1. The smallest absolute Gasteiger partial charge is 0.0584 e. The Morgan fingerprint density at radius 3 is 2.16 bits per heavy atom. The lowest BCUT2D eigenvalue weighted by molar-refractivity contribution is 0.198. The van der Waals surface area contributed by atoms with Gasteiger partial charge in [-0.1, -0.05) is 32.9 Å². The highest BCUT2D eigenvalue weighted by atomic mass is 16.3. The molecule has 19 heavy (non-hydrogen) atoms. The van der Waals surface area contributed by atoms with Gasteiger partial charge in [0.25, 0.3) is 0 Å². The molecule has 0 aliphatic rings. The third kappa shape index (κ3) is 6.08. The van der Waals surface area contributed by atoms with E-state index in [1.807, 2.05) is 14.1 Å². The molecule has 0 amide bonds. The van der Waals surface area contributed by atoms with Crippen LogP contribution in [0.1, 0.15) is 32.8 Å². The molecule has 3 nitrogen and oxygen atoms in total. The van der Waals surface area contributed by atoms with Crippen molar-refractivity contribution in [2.24, 2.45) is 5.41 Å². The van der Waals surface area contributed by atoms with Gasteiger partial charge in [0.2, 0.25) is 0 Å². The van der Waals surface area contributed by atoms with Crippen LogP contribution in [0.3, 0.4) is 0 Å². The summed E-state index contributed by atoms with van der Waals surface area (Å²) in [6.07, 6.45) is 0.972. The Labute approximate surface area is 117 Å². The van der Waals surface area contributed by atoms with E-state index in [4.69, 9.17) is 0 Å². The second-order valence-corrected chi connectivity index (χ2v) is 6.59. The first-order chi connectivity index (χ1) is 8.81. The van der Waals surface area contributed by atoms with Gasteiger partial charge >= 0.3 is 0 Å². The molecule has 0 saturated carbocycles. The average Bonchev–Trinajstić information content (AvgIpc) is 2.33. The van der Waals surface area contributed by atoms with Crippen LogP contribution in [0, 0.1) is 5.41 Å². The third-order valence-corrected chi connectivity index (χ3v) is 3.13. The minimum absolute atomic E-state index is 0.161. The van der Waals surface area contributed by atoms with E-state index in [0.717, 1.165) is 13.0 Å². The maximum Gasteiger partial charge on any atom is 0.0584 e. The molecule has 0 aliphatic heterocycles. The maximum atomic E-state index is 9.42. The molecule has 2 N–H and O–H groups in total. The SMILES string of the molecule is CN(C)c1ccc(CNC(CO)CC(C)(C)C)cc1. The highest BCUT2D eigenvalue weighted by molar-refractivity contribution is 5.45. The molecule has 1 unspecified atom stereocenters. The Balaban J connectivity index is 2.50. The zero-order chi connectivity index (χ0) is 14.5. The van der Waals surface area contributed by atoms with Crippen LogP contribution >= 0.6 is 0 Å². The number of anilines is 1. The molecule has 0 heterocycles. The van der Waals surface area contributed by atoms with Gasteiger partial charge < -0.3 is 15.3 Å². The molecule has 108 valence electrons. The molecule has 1 rings (SSSR count). The van der Waals surface area contributed by atoms with E-state index in [1.54, 1.807) is 0 Å². The molecule has 0 fully saturated rings. The predicted octanol–water partition coefficient (Wildman–Crippen LogP) is 2.64. The number of aliphatic hydroxyl groups is 1. The molecule has 1 atom stereocenters. The summed E-state index contributed by atoms with van der Waals surface area (Å²) < 4.78 is 0. The molecule has 0 aromatic heterocycles. The van der Waals surface area contributed by atoms with Crippen molar-refractivity contribution in [2.45, 2.75) is 39.8 Å². The van der Waals surface area contributed by atoms with Crippen molar-refractivity contribution < 1.29 is 5.11 Å². The summed E-state index contributed by atoms with van der Waals surface area (Å²) in [7, 11) is 4.08. The lowest BCUT2D eigenvalue weighted by Gasteiger charge is -2.25. The molecule has 3 heteroatoms. The molecular weight excluding hydrogens is 236 g/mol. The van der Waals surface area contributed by atoms with Crippen LogP contribution in [0.5, 0.6) is 0 Å². The minimum atomic E-state index is 0.161. The number of nitrogens with zero attached hydrogens (tertiary/aromatic N) is 1. The quantitative estimate of drug-likeness (QED) is 0.829. The van der Waals surface area contributed by atoms with Gasteiger partial charge in [-0.2, -0.15) is 0 Å². The van der Waals surface area contributed by atoms with Crippen LogP contribution in [0.15, 0.2) is 24.3 Å². The van der Waals surface area contributed by atoms with Crippen molar-refractivity contribution in [3.63, 3.8) is 0 Å². The van der Waals surface area contributed by atoms with E-state index in [9.17, 15) is 5.11 Å². The molecule has 0 bridgehead atoms. The van der Waals surface area contributed by atoms with Crippen LogP contribution in [0.4, 0.5) is 5.69 Å². The van der Waals surface area contributed by atoms with E-state index < -0.39 is 0 Å². The number of hydrogen-bond donors (Lipinski definition) is 2. The molecule has 0 radical (unpaired) electrons. The number of aliphatic hydroxyl groups excluding tert-OH is 1. The summed E-state index contributed by atoms with van der Waals surface area (Å²) in [4.78, 5) is 2.09. The van der Waals surface area contributed by atoms with Gasteiger partial charge in [0, 0.05) is 32.4 Å². The van der Waals surface area contributed by atoms with E-state index in [1.165, 1.54) is 11.3 Å². The fraction of sp³-hybridized carbons (Fsp3) is 0.625. The summed E-state index contributed by atoms with van der Waals surface area (Å²) in [5.74, 6) is 0. The number of rotatable bonds is 6. The monoisotopic (exact) mass is 264 g/mol. The third-order valence-electron chi connectivity index (χ3n) is 3.13. The first-order valence-electron chi connectivity index (χ1n) is 6.92. The summed E-state index contributed by atoms with van der Waals surface area (Å²) in [6, 6.07) is 8.67. The van der Waals surface area contributed by atoms with Crippen LogP contribution in [-0.2, 0) is 6.54 Å². The maximum absolute atomic E-state index is 9.42. The molecule has 1 aromatic rings. The Morgan fingerprint density at radius 1 is 1.16 bits per heavy atom. The molecule has 1 aromatic carbocycles. The van der Waals surface area contributed by atoms with Gasteiger partial charge in [0.05, 0.1) is 6.61 Å². The summed E-state index contributed by atoms with van der Waals surface area (Å²) >= 11 is 0. The van der Waals surface area contributed by atoms with E-state index >= 15 is 0 Å². The van der Waals surface area contributed by atoms with Crippen LogP contribution in [0.25, 0.3) is 0 Å². The zero-order valence-corrected chi connectivity index (χ0v) is 12.9. The van der Waals surface area contributed by atoms with Crippen molar-refractivity contribution in [1.82, 2.24) is 5.32 Å². The van der Waals surface area contributed by atoms with E-state index in [-0.39, 0.29) is 18.1 Å². The first kappa shape index (κ1) is 16.0. The molecule has 0 saturated heterocycles. The number of hydrogen-bond acceptors (Lipinski definition) is 3. The van der Waals surface area contributed by atoms with Gasteiger partial charge in [-0.05, 0) is 29.5 Å². The first-order valence-corrected chi connectivity index (χ1v) is 6.92. The van der Waals surface area contributed by atoms with Crippen molar-refractivity contribution >= 4 is 5.69 Å². The average molecular weight is 264 g/mol. The fourth-order valence-corrected chi connectivity index (χ4v) is 2.11. The molecule has 0 aliphatic carbocycles. The van der Waals surface area contributed by atoms with Gasteiger partial charge in [-0.3, -0.25) is 0 Å². The van der Waals surface area contributed by atoms with Crippen LogP contribution < -0.4 is 10.2 Å².